The molecule has 0 spiro atoms. The SMILES string of the molecule is CCCNC(C)(CCSc1nc2ccccc2o1)C(=O)O. The average Bonchev–Trinajstić information content (AvgIpc) is 2.87. The van der Waals surface area contributed by atoms with E-state index in [9.17, 15) is 9.90 Å². The Morgan fingerprint density at radius 1 is 1.48 bits per heavy atom. The van der Waals surface area contributed by atoms with E-state index in [-0.39, 0.29) is 0 Å². The lowest BCUT2D eigenvalue weighted by atomic mass is 9.99. The van der Waals surface area contributed by atoms with Gasteiger partial charge in [-0.15, -0.1) is 0 Å². The molecule has 6 heteroatoms. The van der Waals surface area contributed by atoms with Gasteiger partial charge in [-0.2, -0.15) is 0 Å². The fourth-order valence-corrected chi connectivity index (χ4v) is 2.92. The summed E-state index contributed by atoms with van der Waals surface area (Å²) < 4.78 is 5.61. The van der Waals surface area contributed by atoms with Crippen LogP contribution in [0.1, 0.15) is 26.7 Å². The first kappa shape index (κ1) is 15.9. The number of carbonyl (C=O) groups is 1. The smallest absolute Gasteiger partial charge is 0.323 e. The highest BCUT2D eigenvalue weighted by molar-refractivity contribution is 7.99. The summed E-state index contributed by atoms with van der Waals surface area (Å²) in [6.45, 7) is 4.43. The van der Waals surface area contributed by atoms with Crippen molar-refractivity contribution in [2.45, 2.75) is 37.5 Å². The van der Waals surface area contributed by atoms with Crippen molar-refractivity contribution in [3.8, 4) is 0 Å². The number of aromatic nitrogens is 1. The van der Waals surface area contributed by atoms with Crippen molar-refractivity contribution in [3.63, 3.8) is 0 Å². The van der Waals surface area contributed by atoms with Gasteiger partial charge in [0.15, 0.2) is 5.58 Å². The summed E-state index contributed by atoms with van der Waals surface area (Å²) in [6, 6.07) is 7.58. The number of benzene rings is 1. The zero-order valence-corrected chi connectivity index (χ0v) is 13.1. The molecule has 21 heavy (non-hydrogen) atoms. The van der Waals surface area contributed by atoms with E-state index in [2.05, 4.69) is 10.3 Å². The molecule has 0 aliphatic carbocycles. The highest BCUT2D eigenvalue weighted by Crippen LogP contribution is 2.25. The number of para-hydroxylation sites is 2. The molecular formula is C15H20N2O3S. The molecule has 2 N–H and O–H groups in total. The van der Waals surface area contributed by atoms with Crippen molar-refractivity contribution in [1.82, 2.24) is 10.3 Å². The zero-order valence-electron chi connectivity index (χ0n) is 12.3. The Labute approximate surface area is 128 Å². The molecular weight excluding hydrogens is 288 g/mol. The van der Waals surface area contributed by atoms with Crippen LogP contribution in [0.25, 0.3) is 11.1 Å². The van der Waals surface area contributed by atoms with E-state index >= 15 is 0 Å². The molecule has 1 aromatic heterocycles. The molecule has 5 nitrogen and oxygen atoms in total. The number of rotatable bonds is 8. The van der Waals surface area contributed by atoms with Crippen molar-refractivity contribution in [1.29, 1.82) is 0 Å². The summed E-state index contributed by atoms with van der Waals surface area (Å²) in [5, 5.41) is 13.0. The Balaban J connectivity index is 1.93. The summed E-state index contributed by atoms with van der Waals surface area (Å²) >= 11 is 1.44. The first-order valence-corrected chi connectivity index (χ1v) is 8.00. The fourth-order valence-electron chi connectivity index (χ4n) is 1.93. The molecule has 0 fully saturated rings. The molecule has 114 valence electrons. The minimum Gasteiger partial charge on any atom is -0.480 e. The average molecular weight is 308 g/mol. The largest absolute Gasteiger partial charge is 0.480 e. The van der Waals surface area contributed by atoms with Crippen LogP contribution in [-0.2, 0) is 4.79 Å². The van der Waals surface area contributed by atoms with Gasteiger partial charge in [0, 0.05) is 5.75 Å². The van der Waals surface area contributed by atoms with Crippen LogP contribution in [0.2, 0.25) is 0 Å². The number of thioether (sulfide) groups is 1. The highest BCUT2D eigenvalue weighted by atomic mass is 32.2. The lowest BCUT2D eigenvalue weighted by molar-refractivity contribution is -0.144. The number of carboxylic acids is 1. The Kier molecular flexibility index (Phi) is 5.25. The number of oxazole rings is 1. The number of fused-ring (bicyclic) bond motifs is 1. The zero-order chi connectivity index (χ0) is 15.3. The number of hydrogen-bond donors (Lipinski definition) is 2. The summed E-state index contributed by atoms with van der Waals surface area (Å²) in [5.74, 6) is -0.194. The number of carboxylic acid groups (broad SMARTS) is 1. The van der Waals surface area contributed by atoms with E-state index in [1.54, 1.807) is 6.92 Å². The molecule has 0 bridgehead atoms. The monoisotopic (exact) mass is 308 g/mol. The maximum Gasteiger partial charge on any atom is 0.323 e. The third kappa shape index (κ3) is 3.98. The van der Waals surface area contributed by atoms with E-state index in [0.29, 0.717) is 23.9 Å². The lowest BCUT2D eigenvalue weighted by Gasteiger charge is -2.25. The van der Waals surface area contributed by atoms with Crippen molar-refractivity contribution in [2.75, 3.05) is 12.3 Å². The summed E-state index contributed by atoms with van der Waals surface area (Å²) in [5.41, 5.74) is 0.671. The second-order valence-corrected chi connectivity index (χ2v) is 6.16. The normalized spacial score (nSPS) is 14.2. The number of nitrogens with zero attached hydrogens (tertiary/aromatic N) is 1. The molecule has 0 amide bonds. The van der Waals surface area contributed by atoms with Gasteiger partial charge in [-0.25, -0.2) is 4.98 Å². The Hall–Kier alpha value is -1.53. The van der Waals surface area contributed by atoms with Gasteiger partial charge in [-0.3, -0.25) is 4.79 Å². The highest BCUT2D eigenvalue weighted by Gasteiger charge is 2.31. The molecule has 1 atom stereocenters. The van der Waals surface area contributed by atoms with Gasteiger partial charge < -0.3 is 14.8 Å². The van der Waals surface area contributed by atoms with E-state index in [4.69, 9.17) is 4.42 Å². The molecule has 0 aliphatic rings. The number of nitrogens with one attached hydrogen (secondary N) is 1. The quantitative estimate of drug-likeness (QED) is 0.730. The number of aliphatic carboxylic acids is 1. The molecule has 0 radical (unpaired) electrons. The van der Waals surface area contributed by atoms with Crippen LogP contribution in [0.15, 0.2) is 33.9 Å². The van der Waals surface area contributed by atoms with E-state index in [1.165, 1.54) is 11.8 Å². The van der Waals surface area contributed by atoms with Crippen LogP contribution < -0.4 is 5.32 Å². The molecule has 0 saturated carbocycles. The van der Waals surface area contributed by atoms with E-state index in [0.717, 1.165) is 17.5 Å². The van der Waals surface area contributed by atoms with E-state index in [1.807, 2.05) is 31.2 Å². The van der Waals surface area contributed by atoms with Crippen LogP contribution >= 0.6 is 11.8 Å². The molecule has 1 heterocycles. The standard InChI is InChI=1S/C15H20N2O3S/c1-3-9-16-15(2,13(18)19)8-10-21-14-17-11-6-4-5-7-12(11)20-14/h4-7,16H,3,8-10H2,1-2H3,(H,18,19). The second kappa shape index (κ2) is 6.95. The predicted molar refractivity (Wildman–Crippen MR) is 83.7 cm³/mol. The lowest BCUT2D eigenvalue weighted by Crippen LogP contribution is -2.50. The van der Waals surface area contributed by atoms with Crippen LogP contribution in [-0.4, -0.2) is 33.9 Å². The van der Waals surface area contributed by atoms with Gasteiger partial charge in [0.2, 0.25) is 0 Å². The molecule has 1 aromatic carbocycles. The minimum atomic E-state index is -0.908. The van der Waals surface area contributed by atoms with Crippen LogP contribution in [0.5, 0.6) is 0 Å². The fraction of sp³-hybridized carbons (Fsp3) is 0.467. The molecule has 1 unspecified atom stereocenters. The van der Waals surface area contributed by atoms with Crippen molar-refractivity contribution < 1.29 is 14.3 Å². The predicted octanol–water partition coefficient (Wildman–Crippen LogP) is 3.15. The Morgan fingerprint density at radius 2 is 2.24 bits per heavy atom. The number of hydrogen-bond acceptors (Lipinski definition) is 5. The van der Waals surface area contributed by atoms with Gasteiger partial charge in [-0.1, -0.05) is 30.8 Å². The molecule has 0 saturated heterocycles. The third-order valence-corrected chi connectivity index (χ3v) is 4.17. The van der Waals surface area contributed by atoms with E-state index < -0.39 is 11.5 Å². The van der Waals surface area contributed by atoms with Gasteiger partial charge in [-0.05, 0) is 38.4 Å². The van der Waals surface area contributed by atoms with Crippen molar-refractivity contribution in [3.05, 3.63) is 24.3 Å². The van der Waals surface area contributed by atoms with Gasteiger partial charge in [0.05, 0.1) is 0 Å². The Bertz CT molecular complexity index is 581. The van der Waals surface area contributed by atoms with Crippen LogP contribution in [0.3, 0.4) is 0 Å². The summed E-state index contributed by atoms with van der Waals surface area (Å²) in [7, 11) is 0. The molecule has 2 aromatic rings. The minimum absolute atomic E-state index is 0.506. The van der Waals surface area contributed by atoms with Gasteiger partial charge in [0.25, 0.3) is 5.22 Å². The summed E-state index contributed by atoms with van der Waals surface area (Å²) in [4.78, 5) is 15.8. The summed E-state index contributed by atoms with van der Waals surface area (Å²) in [6.07, 6.45) is 1.41. The van der Waals surface area contributed by atoms with Crippen LogP contribution in [0, 0.1) is 0 Å². The first-order chi connectivity index (χ1) is 10.0. The molecule has 2 rings (SSSR count). The first-order valence-electron chi connectivity index (χ1n) is 7.02. The third-order valence-electron chi connectivity index (χ3n) is 3.34. The molecule has 0 aliphatic heterocycles. The maximum atomic E-state index is 11.4. The topological polar surface area (TPSA) is 75.4 Å². The van der Waals surface area contributed by atoms with Crippen LogP contribution in [0.4, 0.5) is 0 Å². The maximum absolute atomic E-state index is 11.4. The van der Waals surface area contributed by atoms with Crippen molar-refractivity contribution >= 4 is 28.8 Å². The van der Waals surface area contributed by atoms with Gasteiger partial charge >= 0.3 is 5.97 Å². The van der Waals surface area contributed by atoms with Crippen molar-refractivity contribution in [2.24, 2.45) is 0 Å². The Morgan fingerprint density at radius 3 is 2.90 bits per heavy atom. The van der Waals surface area contributed by atoms with Gasteiger partial charge in [0.1, 0.15) is 11.1 Å². The second-order valence-electron chi connectivity index (χ2n) is 5.11.